The summed E-state index contributed by atoms with van der Waals surface area (Å²) in [5, 5.41) is 3.60. The van der Waals surface area contributed by atoms with Crippen LogP contribution in [0, 0.1) is 0 Å². The van der Waals surface area contributed by atoms with Gasteiger partial charge in [0, 0.05) is 23.4 Å². The molecule has 3 nitrogen and oxygen atoms in total. The average Bonchev–Trinajstić information content (AvgIpc) is 2.40. The van der Waals surface area contributed by atoms with Crippen LogP contribution in [0.25, 0.3) is 0 Å². The second kappa shape index (κ2) is 5.59. The highest BCUT2D eigenvalue weighted by Crippen LogP contribution is 2.14. The molecule has 0 unspecified atom stereocenters. The minimum Gasteiger partial charge on any atom is -0.322 e. The van der Waals surface area contributed by atoms with Crippen molar-refractivity contribution in [3.63, 3.8) is 0 Å². The van der Waals surface area contributed by atoms with Gasteiger partial charge in [-0.3, -0.25) is 9.78 Å². The quantitative estimate of drug-likeness (QED) is 0.882. The van der Waals surface area contributed by atoms with Crippen LogP contribution in [0.5, 0.6) is 0 Å². The summed E-state index contributed by atoms with van der Waals surface area (Å²) >= 11 is 3.38. The molecule has 0 bridgehead atoms. The molecule has 2 aromatic rings. The summed E-state index contributed by atoms with van der Waals surface area (Å²) < 4.78 is 0. The number of halogens is 1. The second-order valence-electron chi connectivity index (χ2n) is 3.53. The van der Waals surface area contributed by atoms with Crippen molar-refractivity contribution >= 4 is 27.5 Å². The molecule has 1 heterocycles. The largest absolute Gasteiger partial charge is 0.322 e. The number of alkyl halides is 1. The maximum absolute atomic E-state index is 11.9. The average molecular weight is 291 g/mol. The van der Waals surface area contributed by atoms with E-state index in [0.29, 0.717) is 5.56 Å². The van der Waals surface area contributed by atoms with Gasteiger partial charge in [0.15, 0.2) is 0 Å². The summed E-state index contributed by atoms with van der Waals surface area (Å²) in [6.07, 6.45) is 3.19. The van der Waals surface area contributed by atoms with E-state index in [0.717, 1.165) is 16.6 Å². The fourth-order valence-electron chi connectivity index (χ4n) is 1.43. The molecule has 0 saturated heterocycles. The number of hydrogen-bond donors (Lipinski definition) is 1. The van der Waals surface area contributed by atoms with Crippen LogP contribution in [-0.4, -0.2) is 10.9 Å². The standard InChI is InChI=1S/C13H11BrN2O/c14-8-10-3-1-5-12(7-10)16-13(17)11-4-2-6-15-9-11/h1-7,9H,8H2,(H,16,17). The lowest BCUT2D eigenvalue weighted by atomic mass is 10.2. The first-order chi connectivity index (χ1) is 8.29. The zero-order valence-electron chi connectivity index (χ0n) is 9.06. The molecule has 1 N–H and O–H groups in total. The molecule has 0 saturated carbocycles. The molecule has 0 radical (unpaired) electrons. The molecule has 4 heteroatoms. The molecule has 0 aliphatic carbocycles. The number of rotatable bonds is 3. The Balaban J connectivity index is 2.13. The maximum Gasteiger partial charge on any atom is 0.257 e. The number of nitrogens with one attached hydrogen (secondary N) is 1. The van der Waals surface area contributed by atoms with Gasteiger partial charge >= 0.3 is 0 Å². The SMILES string of the molecule is O=C(Nc1cccc(CBr)c1)c1cccnc1. The summed E-state index contributed by atoms with van der Waals surface area (Å²) in [6.45, 7) is 0. The van der Waals surface area contributed by atoms with Gasteiger partial charge in [-0.2, -0.15) is 0 Å². The van der Waals surface area contributed by atoms with Crippen LogP contribution in [0.15, 0.2) is 48.8 Å². The molecule has 17 heavy (non-hydrogen) atoms. The monoisotopic (exact) mass is 290 g/mol. The Hall–Kier alpha value is -1.68. The van der Waals surface area contributed by atoms with Gasteiger partial charge in [0.2, 0.25) is 0 Å². The number of pyridine rings is 1. The molecular weight excluding hydrogens is 280 g/mol. The van der Waals surface area contributed by atoms with Gasteiger partial charge in [0.25, 0.3) is 5.91 Å². The van der Waals surface area contributed by atoms with E-state index in [2.05, 4.69) is 26.2 Å². The number of benzene rings is 1. The smallest absolute Gasteiger partial charge is 0.257 e. The van der Waals surface area contributed by atoms with Crippen LogP contribution in [-0.2, 0) is 5.33 Å². The van der Waals surface area contributed by atoms with Gasteiger partial charge in [-0.15, -0.1) is 0 Å². The second-order valence-corrected chi connectivity index (χ2v) is 4.09. The van der Waals surface area contributed by atoms with E-state index in [4.69, 9.17) is 0 Å². The van der Waals surface area contributed by atoms with E-state index in [1.54, 1.807) is 24.5 Å². The Morgan fingerprint density at radius 1 is 1.29 bits per heavy atom. The first kappa shape index (κ1) is 11.8. The fourth-order valence-corrected chi connectivity index (χ4v) is 1.78. The van der Waals surface area contributed by atoms with Crippen LogP contribution in [0.1, 0.15) is 15.9 Å². The Kier molecular flexibility index (Phi) is 3.88. The molecule has 0 spiro atoms. The summed E-state index contributed by atoms with van der Waals surface area (Å²) in [5.74, 6) is -0.148. The fraction of sp³-hybridized carbons (Fsp3) is 0.0769. The van der Waals surface area contributed by atoms with Crippen LogP contribution < -0.4 is 5.32 Å². The van der Waals surface area contributed by atoms with Gasteiger partial charge in [0.1, 0.15) is 0 Å². The van der Waals surface area contributed by atoms with Crippen molar-refractivity contribution < 1.29 is 4.79 Å². The van der Waals surface area contributed by atoms with E-state index >= 15 is 0 Å². The van der Waals surface area contributed by atoms with Gasteiger partial charge < -0.3 is 5.32 Å². The predicted octanol–water partition coefficient (Wildman–Crippen LogP) is 3.23. The summed E-state index contributed by atoms with van der Waals surface area (Å²) in [5.41, 5.74) is 2.46. The van der Waals surface area contributed by atoms with Crippen molar-refractivity contribution in [2.45, 2.75) is 5.33 Å². The minimum absolute atomic E-state index is 0.148. The lowest BCUT2D eigenvalue weighted by Crippen LogP contribution is -2.12. The first-order valence-corrected chi connectivity index (χ1v) is 6.28. The summed E-state index contributed by atoms with van der Waals surface area (Å²) in [6, 6.07) is 11.2. The van der Waals surface area contributed by atoms with Crippen LogP contribution in [0.4, 0.5) is 5.69 Å². The molecule has 0 aliphatic rings. The maximum atomic E-state index is 11.9. The van der Waals surface area contributed by atoms with Crippen molar-refractivity contribution in [3.8, 4) is 0 Å². The molecule has 0 atom stereocenters. The molecular formula is C13H11BrN2O. The molecule has 0 fully saturated rings. The lowest BCUT2D eigenvalue weighted by molar-refractivity contribution is 0.102. The lowest BCUT2D eigenvalue weighted by Gasteiger charge is -2.05. The normalized spacial score (nSPS) is 9.94. The number of hydrogen-bond acceptors (Lipinski definition) is 2. The summed E-state index contributed by atoms with van der Waals surface area (Å²) in [7, 11) is 0. The van der Waals surface area contributed by atoms with Crippen LogP contribution in [0.2, 0.25) is 0 Å². The summed E-state index contributed by atoms with van der Waals surface area (Å²) in [4.78, 5) is 15.8. The molecule has 1 aromatic heterocycles. The van der Waals surface area contributed by atoms with E-state index in [-0.39, 0.29) is 5.91 Å². The van der Waals surface area contributed by atoms with Gasteiger partial charge in [-0.05, 0) is 29.8 Å². The first-order valence-electron chi connectivity index (χ1n) is 5.16. The highest BCUT2D eigenvalue weighted by Gasteiger charge is 2.05. The third kappa shape index (κ3) is 3.14. The number of aromatic nitrogens is 1. The van der Waals surface area contributed by atoms with Crippen LogP contribution in [0.3, 0.4) is 0 Å². The van der Waals surface area contributed by atoms with Crippen molar-refractivity contribution in [2.75, 3.05) is 5.32 Å². The van der Waals surface area contributed by atoms with Gasteiger partial charge in [-0.1, -0.05) is 28.1 Å². The Labute approximate surface area is 108 Å². The van der Waals surface area contributed by atoms with Gasteiger partial charge in [-0.25, -0.2) is 0 Å². The third-order valence-corrected chi connectivity index (χ3v) is 2.91. The number of carbonyl (C=O) groups excluding carboxylic acids is 1. The third-order valence-electron chi connectivity index (χ3n) is 2.26. The van der Waals surface area contributed by atoms with E-state index < -0.39 is 0 Å². The van der Waals surface area contributed by atoms with Crippen molar-refractivity contribution in [1.82, 2.24) is 4.98 Å². The number of carbonyl (C=O) groups is 1. The minimum atomic E-state index is -0.148. The number of nitrogens with zero attached hydrogens (tertiary/aromatic N) is 1. The predicted molar refractivity (Wildman–Crippen MR) is 71.3 cm³/mol. The van der Waals surface area contributed by atoms with Crippen molar-refractivity contribution in [1.29, 1.82) is 0 Å². The van der Waals surface area contributed by atoms with Crippen LogP contribution >= 0.6 is 15.9 Å². The highest BCUT2D eigenvalue weighted by atomic mass is 79.9. The number of amides is 1. The molecule has 86 valence electrons. The van der Waals surface area contributed by atoms with E-state index in [9.17, 15) is 4.79 Å². The Morgan fingerprint density at radius 2 is 2.18 bits per heavy atom. The van der Waals surface area contributed by atoms with Gasteiger partial charge in [0.05, 0.1) is 5.56 Å². The highest BCUT2D eigenvalue weighted by molar-refractivity contribution is 9.08. The molecule has 1 aromatic carbocycles. The van der Waals surface area contributed by atoms with E-state index in [1.807, 2.05) is 24.3 Å². The molecule has 2 rings (SSSR count). The number of anilines is 1. The van der Waals surface area contributed by atoms with E-state index in [1.165, 1.54) is 0 Å². The Bertz CT molecular complexity index is 514. The van der Waals surface area contributed by atoms with Crippen molar-refractivity contribution in [3.05, 3.63) is 59.9 Å². The molecule has 1 amide bonds. The van der Waals surface area contributed by atoms with Crippen molar-refractivity contribution in [2.24, 2.45) is 0 Å². The Morgan fingerprint density at radius 3 is 2.88 bits per heavy atom. The zero-order chi connectivity index (χ0) is 12.1. The molecule has 0 aliphatic heterocycles. The topological polar surface area (TPSA) is 42.0 Å². The zero-order valence-corrected chi connectivity index (χ0v) is 10.6.